The Morgan fingerprint density at radius 1 is 1.45 bits per heavy atom. The van der Waals surface area contributed by atoms with Crippen LogP contribution >= 0.6 is 0 Å². The lowest BCUT2D eigenvalue weighted by Crippen LogP contribution is -2.15. The molecule has 6 heteroatoms. The number of amides is 1. The van der Waals surface area contributed by atoms with Crippen molar-refractivity contribution in [1.82, 2.24) is 10.2 Å². The maximum atomic E-state index is 13.2. The molecule has 0 fully saturated rings. The summed E-state index contributed by atoms with van der Waals surface area (Å²) in [5.41, 5.74) is 8.23. The molecule has 2 aromatic rings. The zero-order valence-corrected chi connectivity index (χ0v) is 11.6. The Bertz CT molecular complexity index is 649. The number of aromatic nitrogens is 2. The van der Waals surface area contributed by atoms with Gasteiger partial charge in [0, 0.05) is 5.69 Å². The Hall–Kier alpha value is -2.37. The van der Waals surface area contributed by atoms with E-state index in [1.165, 1.54) is 12.1 Å². The summed E-state index contributed by atoms with van der Waals surface area (Å²) >= 11 is 0. The van der Waals surface area contributed by atoms with E-state index < -0.39 is 11.7 Å². The molecule has 0 aliphatic heterocycles. The number of halogens is 1. The molecule has 0 unspecified atom stereocenters. The summed E-state index contributed by atoms with van der Waals surface area (Å²) in [5, 5.41) is 9.30. The van der Waals surface area contributed by atoms with E-state index in [0.717, 1.165) is 5.56 Å². The normalized spacial score (nSPS) is 10.8. The highest BCUT2D eigenvalue weighted by atomic mass is 19.1. The molecule has 0 aliphatic rings. The van der Waals surface area contributed by atoms with Gasteiger partial charge in [-0.25, -0.2) is 4.39 Å². The number of rotatable bonds is 3. The highest BCUT2D eigenvalue weighted by Gasteiger charge is 2.19. The van der Waals surface area contributed by atoms with Gasteiger partial charge in [0.05, 0.1) is 11.4 Å². The summed E-state index contributed by atoms with van der Waals surface area (Å²) in [6.45, 7) is 5.67. The van der Waals surface area contributed by atoms with Crippen molar-refractivity contribution in [2.45, 2.75) is 26.7 Å². The van der Waals surface area contributed by atoms with E-state index in [0.29, 0.717) is 17.1 Å². The number of nitrogen functional groups attached to an aromatic ring is 1. The van der Waals surface area contributed by atoms with Gasteiger partial charge in [-0.15, -0.1) is 0 Å². The van der Waals surface area contributed by atoms with Crippen LogP contribution in [0.15, 0.2) is 18.2 Å². The number of anilines is 2. The third-order valence-corrected chi connectivity index (χ3v) is 3.07. The first-order chi connectivity index (χ1) is 9.40. The molecule has 20 heavy (non-hydrogen) atoms. The van der Waals surface area contributed by atoms with Crippen LogP contribution in [0.1, 0.15) is 41.5 Å². The maximum Gasteiger partial charge on any atom is 0.278 e. The lowest BCUT2D eigenvalue weighted by molar-refractivity contribution is 0.102. The summed E-state index contributed by atoms with van der Waals surface area (Å²) < 4.78 is 13.2. The van der Waals surface area contributed by atoms with Crippen LogP contribution in [-0.4, -0.2) is 16.1 Å². The molecular weight excluding hydrogens is 259 g/mol. The quantitative estimate of drug-likeness (QED) is 0.806. The van der Waals surface area contributed by atoms with Gasteiger partial charge in [-0.05, 0) is 30.5 Å². The molecule has 5 nitrogen and oxygen atoms in total. The van der Waals surface area contributed by atoms with E-state index in [2.05, 4.69) is 15.5 Å². The lowest BCUT2D eigenvalue weighted by Gasteiger charge is -2.08. The van der Waals surface area contributed by atoms with Crippen molar-refractivity contribution in [3.63, 3.8) is 0 Å². The fourth-order valence-electron chi connectivity index (χ4n) is 1.89. The van der Waals surface area contributed by atoms with Gasteiger partial charge in [-0.3, -0.25) is 9.89 Å². The third kappa shape index (κ3) is 2.64. The molecule has 0 saturated carbocycles. The summed E-state index contributed by atoms with van der Waals surface area (Å²) in [6, 6.07) is 4.20. The molecule has 2 rings (SSSR count). The number of nitrogens with zero attached hydrogens (tertiary/aromatic N) is 1. The van der Waals surface area contributed by atoms with Gasteiger partial charge in [0.15, 0.2) is 5.69 Å². The van der Waals surface area contributed by atoms with E-state index in [4.69, 9.17) is 5.73 Å². The van der Waals surface area contributed by atoms with Crippen molar-refractivity contribution >= 4 is 17.3 Å². The van der Waals surface area contributed by atoms with Crippen LogP contribution in [0.4, 0.5) is 15.8 Å². The Morgan fingerprint density at radius 3 is 2.75 bits per heavy atom. The van der Waals surface area contributed by atoms with Crippen LogP contribution in [0, 0.1) is 12.7 Å². The van der Waals surface area contributed by atoms with Gasteiger partial charge in [-0.2, -0.15) is 5.10 Å². The second-order valence-corrected chi connectivity index (χ2v) is 4.97. The summed E-state index contributed by atoms with van der Waals surface area (Å²) in [5.74, 6) is -0.733. The molecule has 0 bridgehead atoms. The minimum absolute atomic E-state index is 0.123. The monoisotopic (exact) mass is 276 g/mol. The molecule has 1 heterocycles. The Kier molecular flexibility index (Phi) is 3.74. The Balaban J connectivity index is 2.26. The van der Waals surface area contributed by atoms with E-state index in [1.54, 1.807) is 13.0 Å². The topological polar surface area (TPSA) is 83.8 Å². The maximum absolute atomic E-state index is 13.2. The Labute approximate surface area is 116 Å². The second kappa shape index (κ2) is 5.32. The summed E-state index contributed by atoms with van der Waals surface area (Å²) in [4.78, 5) is 12.1. The van der Waals surface area contributed by atoms with Crippen LogP contribution in [0.5, 0.6) is 0 Å². The average Bonchev–Trinajstić information content (AvgIpc) is 2.76. The Morgan fingerprint density at radius 2 is 2.15 bits per heavy atom. The van der Waals surface area contributed by atoms with Crippen LogP contribution in [0.2, 0.25) is 0 Å². The van der Waals surface area contributed by atoms with E-state index in [1.807, 2.05) is 13.8 Å². The SMILES string of the molecule is Cc1ccc(F)cc1NC(=O)c1n[nH]c(C(C)C)c1N. The zero-order valence-electron chi connectivity index (χ0n) is 11.6. The number of hydrogen-bond acceptors (Lipinski definition) is 3. The molecule has 106 valence electrons. The van der Waals surface area contributed by atoms with Crippen molar-refractivity contribution < 1.29 is 9.18 Å². The van der Waals surface area contributed by atoms with E-state index >= 15 is 0 Å². The van der Waals surface area contributed by atoms with Crippen molar-refractivity contribution in [2.75, 3.05) is 11.1 Å². The largest absolute Gasteiger partial charge is 0.395 e. The van der Waals surface area contributed by atoms with Gasteiger partial charge in [0.2, 0.25) is 0 Å². The minimum Gasteiger partial charge on any atom is -0.395 e. The first-order valence-electron chi connectivity index (χ1n) is 6.31. The second-order valence-electron chi connectivity index (χ2n) is 4.97. The summed E-state index contributed by atoms with van der Waals surface area (Å²) in [6.07, 6.45) is 0. The van der Waals surface area contributed by atoms with Crippen LogP contribution in [0.25, 0.3) is 0 Å². The fourth-order valence-corrected chi connectivity index (χ4v) is 1.89. The first-order valence-corrected chi connectivity index (χ1v) is 6.31. The molecule has 0 aliphatic carbocycles. The number of nitrogens with two attached hydrogens (primary N) is 1. The minimum atomic E-state index is -0.459. The van der Waals surface area contributed by atoms with E-state index in [9.17, 15) is 9.18 Å². The molecule has 4 N–H and O–H groups in total. The van der Waals surface area contributed by atoms with Crippen LogP contribution < -0.4 is 11.1 Å². The van der Waals surface area contributed by atoms with Gasteiger partial charge < -0.3 is 11.1 Å². The number of aromatic amines is 1. The molecule has 1 aromatic heterocycles. The summed E-state index contributed by atoms with van der Waals surface area (Å²) in [7, 11) is 0. The number of H-pyrrole nitrogens is 1. The molecule has 0 spiro atoms. The number of hydrogen-bond donors (Lipinski definition) is 3. The van der Waals surface area contributed by atoms with Gasteiger partial charge in [-0.1, -0.05) is 19.9 Å². The number of benzene rings is 1. The smallest absolute Gasteiger partial charge is 0.278 e. The van der Waals surface area contributed by atoms with Crippen LogP contribution in [-0.2, 0) is 0 Å². The molecule has 1 aromatic carbocycles. The predicted octanol–water partition coefficient (Wildman–Crippen LogP) is 2.82. The molecule has 0 atom stereocenters. The standard InChI is InChI=1S/C14H17FN4O/c1-7(2)12-11(16)13(19-18-12)14(20)17-10-6-9(15)5-4-8(10)3/h4-7H,16H2,1-3H3,(H,17,20)(H,18,19). The molecule has 0 saturated heterocycles. The number of aryl methyl sites for hydroxylation is 1. The van der Waals surface area contributed by atoms with Gasteiger partial charge >= 0.3 is 0 Å². The number of nitrogens with one attached hydrogen (secondary N) is 2. The van der Waals surface area contributed by atoms with E-state index in [-0.39, 0.29) is 11.6 Å². The predicted molar refractivity (Wildman–Crippen MR) is 76.2 cm³/mol. The molecule has 0 radical (unpaired) electrons. The first kappa shape index (κ1) is 14.0. The lowest BCUT2D eigenvalue weighted by atomic mass is 10.1. The van der Waals surface area contributed by atoms with Crippen molar-refractivity contribution in [3.05, 3.63) is 41.0 Å². The van der Waals surface area contributed by atoms with Crippen molar-refractivity contribution in [1.29, 1.82) is 0 Å². The average molecular weight is 276 g/mol. The number of carbonyl (C=O) groups is 1. The fraction of sp³-hybridized carbons (Fsp3) is 0.286. The highest BCUT2D eigenvalue weighted by Crippen LogP contribution is 2.23. The van der Waals surface area contributed by atoms with Crippen LogP contribution in [0.3, 0.4) is 0 Å². The highest BCUT2D eigenvalue weighted by molar-refractivity contribution is 6.06. The van der Waals surface area contributed by atoms with Gasteiger partial charge in [0.25, 0.3) is 5.91 Å². The molecule has 1 amide bonds. The van der Waals surface area contributed by atoms with Crippen molar-refractivity contribution in [3.8, 4) is 0 Å². The van der Waals surface area contributed by atoms with Crippen molar-refractivity contribution in [2.24, 2.45) is 0 Å². The third-order valence-electron chi connectivity index (χ3n) is 3.07. The molecular formula is C14H17FN4O. The van der Waals surface area contributed by atoms with Gasteiger partial charge in [0.1, 0.15) is 5.82 Å². The zero-order chi connectivity index (χ0) is 14.9. The number of carbonyl (C=O) groups excluding carboxylic acids is 1.